The first-order valence-corrected chi connectivity index (χ1v) is 6.68. The van der Waals surface area contributed by atoms with Gasteiger partial charge in [0.15, 0.2) is 5.41 Å². The van der Waals surface area contributed by atoms with Crippen LogP contribution in [0.1, 0.15) is 46.0 Å². The lowest BCUT2D eigenvalue weighted by Crippen LogP contribution is -2.43. The number of carbonyl (C=O) groups is 2. The molecule has 1 aromatic rings. The monoisotopic (exact) mass is 283 g/mol. The van der Waals surface area contributed by atoms with Crippen LogP contribution in [-0.4, -0.2) is 38.4 Å². The van der Waals surface area contributed by atoms with Crippen molar-refractivity contribution in [2.24, 2.45) is 5.41 Å². The maximum absolute atomic E-state index is 12.1. The Morgan fingerprint density at radius 3 is 2.55 bits per heavy atom. The molecule has 0 aromatic carbocycles. The summed E-state index contributed by atoms with van der Waals surface area (Å²) in [7, 11) is 0. The predicted molar refractivity (Wildman–Crippen MR) is 71.1 cm³/mol. The first-order valence-electron chi connectivity index (χ1n) is 6.68. The van der Waals surface area contributed by atoms with Crippen molar-refractivity contribution in [3.8, 4) is 0 Å². The molecular weight excluding hydrogens is 262 g/mol. The Labute approximate surface area is 118 Å². The summed E-state index contributed by atoms with van der Waals surface area (Å²) >= 11 is 0. The van der Waals surface area contributed by atoms with Crippen molar-refractivity contribution in [1.82, 2.24) is 14.8 Å². The Morgan fingerprint density at radius 1 is 1.45 bits per heavy atom. The Bertz CT molecular complexity index is 484. The van der Waals surface area contributed by atoms with Gasteiger partial charge in [0.2, 0.25) is 0 Å². The highest BCUT2D eigenvalue weighted by Crippen LogP contribution is 2.29. The zero-order chi connectivity index (χ0) is 15.3. The summed E-state index contributed by atoms with van der Waals surface area (Å²) in [5, 5.41) is 13.6. The minimum absolute atomic E-state index is 0.0319. The fraction of sp³-hybridized carbons (Fsp3) is 0.692. The third-order valence-corrected chi connectivity index (χ3v) is 3.28. The first-order chi connectivity index (χ1) is 9.39. The molecule has 1 N–H and O–H groups in total. The molecule has 0 fully saturated rings. The summed E-state index contributed by atoms with van der Waals surface area (Å²) in [6.45, 7) is 7.27. The zero-order valence-corrected chi connectivity index (χ0v) is 12.3. The summed E-state index contributed by atoms with van der Waals surface area (Å²) in [6.07, 6.45) is 1.46. The van der Waals surface area contributed by atoms with E-state index in [1.54, 1.807) is 18.5 Å². The van der Waals surface area contributed by atoms with E-state index in [0.717, 1.165) is 0 Å². The van der Waals surface area contributed by atoms with Crippen LogP contribution in [0.3, 0.4) is 0 Å². The Morgan fingerprint density at radius 2 is 2.10 bits per heavy atom. The molecule has 1 atom stereocenters. The van der Waals surface area contributed by atoms with Gasteiger partial charge in [0.1, 0.15) is 12.2 Å². The summed E-state index contributed by atoms with van der Waals surface area (Å²) in [4.78, 5) is 27.8. The molecule has 20 heavy (non-hydrogen) atoms. The van der Waals surface area contributed by atoms with Crippen LogP contribution in [-0.2, 0) is 20.7 Å². The van der Waals surface area contributed by atoms with Gasteiger partial charge >= 0.3 is 11.9 Å². The van der Waals surface area contributed by atoms with Crippen LogP contribution in [0.5, 0.6) is 0 Å². The number of carbonyl (C=O) groups excluding carboxylic acids is 1. The van der Waals surface area contributed by atoms with Crippen molar-refractivity contribution in [1.29, 1.82) is 0 Å². The average Bonchev–Trinajstić information content (AvgIpc) is 2.83. The van der Waals surface area contributed by atoms with Gasteiger partial charge in [0, 0.05) is 12.5 Å². The van der Waals surface area contributed by atoms with E-state index in [4.69, 9.17) is 4.74 Å². The van der Waals surface area contributed by atoms with Crippen LogP contribution in [0, 0.1) is 5.41 Å². The molecule has 7 heteroatoms. The molecular formula is C13H21N3O4. The molecule has 0 spiro atoms. The fourth-order valence-corrected chi connectivity index (χ4v) is 2.03. The molecule has 1 rings (SSSR count). The minimum atomic E-state index is -1.62. The van der Waals surface area contributed by atoms with Gasteiger partial charge in [-0.2, -0.15) is 5.10 Å². The lowest BCUT2D eigenvalue weighted by atomic mass is 9.81. The average molecular weight is 283 g/mol. The quantitative estimate of drug-likeness (QED) is 0.601. The summed E-state index contributed by atoms with van der Waals surface area (Å²) < 4.78 is 6.55. The Balaban J connectivity index is 3.16. The minimum Gasteiger partial charge on any atom is -0.480 e. The number of carboxylic acids is 1. The van der Waals surface area contributed by atoms with Gasteiger partial charge in [-0.1, -0.05) is 6.92 Å². The van der Waals surface area contributed by atoms with Crippen molar-refractivity contribution in [3.63, 3.8) is 0 Å². The van der Waals surface area contributed by atoms with E-state index < -0.39 is 17.4 Å². The van der Waals surface area contributed by atoms with Crippen LogP contribution in [0.4, 0.5) is 0 Å². The molecule has 112 valence electrons. The summed E-state index contributed by atoms with van der Waals surface area (Å²) in [5.74, 6) is -1.46. The van der Waals surface area contributed by atoms with Gasteiger partial charge in [0.25, 0.3) is 0 Å². The Hall–Kier alpha value is -1.92. The normalized spacial score (nSPS) is 14.1. The molecule has 0 aliphatic heterocycles. The van der Waals surface area contributed by atoms with Gasteiger partial charge in [-0.3, -0.25) is 9.59 Å². The second-order valence-corrected chi connectivity index (χ2v) is 4.85. The second-order valence-electron chi connectivity index (χ2n) is 4.85. The number of esters is 1. The number of hydrogen-bond donors (Lipinski definition) is 1. The number of aromatic nitrogens is 3. The van der Waals surface area contributed by atoms with E-state index in [1.165, 1.54) is 6.33 Å². The topological polar surface area (TPSA) is 94.3 Å². The van der Waals surface area contributed by atoms with E-state index in [1.807, 2.05) is 13.8 Å². The lowest BCUT2D eigenvalue weighted by Gasteiger charge is -2.25. The molecule has 0 aliphatic carbocycles. The van der Waals surface area contributed by atoms with Gasteiger partial charge in [-0.15, -0.1) is 0 Å². The van der Waals surface area contributed by atoms with Crippen molar-refractivity contribution in [2.75, 3.05) is 6.61 Å². The number of ether oxygens (including phenoxy) is 1. The standard InChI is InChI=1S/C13H21N3O4/c1-5-13(11(17)18,12(19)20-6-2)7-10-14-8-15-16(10)9(3)4/h8-9H,5-7H2,1-4H3,(H,17,18). The van der Waals surface area contributed by atoms with Crippen LogP contribution in [0.25, 0.3) is 0 Å². The molecule has 1 unspecified atom stereocenters. The number of nitrogens with zero attached hydrogens (tertiary/aromatic N) is 3. The van der Waals surface area contributed by atoms with Gasteiger partial charge < -0.3 is 9.84 Å². The maximum Gasteiger partial charge on any atom is 0.323 e. The van der Waals surface area contributed by atoms with Gasteiger partial charge in [0.05, 0.1) is 6.61 Å². The van der Waals surface area contributed by atoms with Crippen molar-refractivity contribution >= 4 is 11.9 Å². The Kier molecular flexibility index (Phi) is 5.24. The third-order valence-electron chi connectivity index (χ3n) is 3.28. The SMILES string of the molecule is CCOC(=O)C(CC)(Cc1ncnn1C(C)C)C(=O)O. The van der Waals surface area contributed by atoms with Crippen molar-refractivity contribution < 1.29 is 19.4 Å². The smallest absolute Gasteiger partial charge is 0.323 e. The van der Waals surface area contributed by atoms with E-state index in [-0.39, 0.29) is 25.5 Å². The molecule has 0 amide bonds. The van der Waals surface area contributed by atoms with E-state index in [2.05, 4.69) is 10.1 Å². The molecule has 0 radical (unpaired) electrons. The van der Waals surface area contributed by atoms with Crippen LogP contribution in [0.2, 0.25) is 0 Å². The fourth-order valence-electron chi connectivity index (χ4n) is 2.03. The highest BCUT2D eigenvalue weighted by Gasteiger charge is 2.47. The molecule has 0 saturated heterocycles. The number of aliphatic carboxylic acids is 1. The molecule has 0 aliphatic rings. The number of carboxylic acid groups (broad SMARTS) is 1. The number of hydrogen-bond acceptors (Lipinski definition) is 5. The first kappa shape index (κ1) is 16.1. The van der Waals surface area contributed by atoms with Gasteiger partial charge in [-0.05, 0) is 27.2 Å². The van der Waals surface area contributed by atoms with E-state index in [9.17, 15) is 14.7 Å². The lowest BCUT2D eigenvalue weighted by molar-refractivity contribution is -0.169. The maximum atomic E-state index is 12.1. The van der Waals surface area contributed by atoms with Gasteiger partial charge in [-0.25, -0.2) is 9.67 Å². The zero-order valence-electron chi connectivity index (χ0n) is 12.3. The second kappa shape index (κ2) is 6.49. The summed E-state index contributed by atoms with van der Waals surface area (Å²) in [6, 6.07) is 0.0399. The van der Waals surface area contributed by atoms with Crippen molar-refractivity contribution in [3.05, 3.63) is 12.2 Å². The largest absolute Gasteiger partial charge is 0.480 e. The summed E-state index contributed by atoms with van der Waals surface area (Å²) in [5.41, 5.74) is -1.62. The van der Waals surface area contributed by atoms with Crippen LogP contribution < -0.4 is 0 Å². The third kappa shape index (κ3) is 2.97. The molecule has 0 bridgehead atoms. The molecule has 1 aromatic heterocycles. The van der Waals surface area contributed by atoms with Crippen molar-refractivity contribution in [2.45, 2.75) is 46.6 Å². The highest BCUT2D eigenvalue weighted by atomic mass is 16.5. The molecule has 7 nitrogen and oxygen atoms in total. The molecule has 0 saturated carbocycles. The van der Waals surface area contributed by atoms with E-state index in [0.29, 0.717) is 5.82 Å². The molecule has 1 heterocycles. The van der Waals surface area contributed by atoms with Crippen LogP contribution in [0.15, 0.2) is 6.33 Å². The number of rotatable bonds is 7. The predicted octanol–water partition coefficient (Wildman–Crippen LogP) is 1.45. The highest BCUT2D eigenvalue weighted by molar-refractivity contribution is 5.99. The van der Waals surface area contributed by atoms with E-state index >= 15 is 0 Å². The van der Waals surface area contributed by atoms with Crippen LogP contribution >= 0.6 is 0 Å².